The van der Waals surface area contributed by atoms with E-state index in [1.807, 2.05) is 6.07 Å². The largest absolute Gasteiger partial charge is 0.399 e. The lowest BCUT2D eigenvalue weighted by Gasteiger charge is -2.07. The Morgan fingerprint density at radius 2 is 1.89 bits per heavy atom. The second-order valence-electron chi connectivity index (χ2n) is 3.92. The minimum atomic E-state index is -1.26. The van der Waals surface area contributed by atoms with Crippen LogP contribution in [0.4, 0.5) is 5.69 Å². The van der Waals surface area contributed by atoms with Crippen LogP contribution in [0.3, 0.4) is 0 Å². The van der Waals surface area contributed by atoms with E-state index >= 15 is 0 Å². The van der Waals surface area contributed by atoms with E-state index in [0.29, 0.717) is 26.4 Å². The monoisotopic (exact) mass is 377 g/mol. The predicted octanol–water partition coefficient (Wildman–Crippen LogP) is 4.65. The first kappa shape index (κ1) is 14.9. The Hall–Kier alpha value is -0.550. The van der Waals surface area contributed by atoms with Gasteiger partial charge in [0.2, 0.25) is 0 Å². The minimum Gasteiger partial charge on any atom is -0.399 e. The van der Waals surface area contributed by atoms with Crippen LogP contribution in [0, 0.1) is 0 Å². The molecular weight excluding hydrogens is 369 g/mol. The van der Waals surface area contributed by atoms with E-state index in [1.165, 1.54) is 0 Å². The Balaban J connectivity index is 2.28. The van der Waals surface area contributed by atoms with Gasteiger partial charge in [-0.2, -0.15) is 0 Å². The molecule has 1 unspecified atom stereocenters. The molecule has 100 valence electrons. The Morgan fingerprint density at radius 3 is 2.58 bits per heavy atom. The summed E-state index contributed by atoms with van der Waals surface area (Å²) in [5, 5.41) is 0.971. The first-order valence-corrected chi connectivity index (χ1v) is 8.21. The van der Waals surface area contributed by atoms with E-state index in [1.54, 1.807) is 30.3 Å². The van der Waals surface area contributed by atoms with Gasteiger partial charge in [-0.05, 0) is 35.9 Å². The lowest BCUT2D eigenvalue weighted by molar-refractivity contribution is 0.682. The van der Waals surface area contributed by atoms with Gasteiger partial charge in [0, 0.05) is 15.2 Å². The maximum absolute atomic E-state index is 12.3. The molecule has 1 atom stereocenters. The Morgan fingerprint density at radius 1 is 1.16 bits per heavy atom. The summed E-state index contributed by atoms with van der Waals surface area (Å²) < 4.78 is 13.2. The molecule has 0 aliphatic carbocycles. The van der Waals surface area contributed by atoms with Gasteiger partial charge < -0.3 is 5.73 Å². The predicted molar refractivity (Wildman–Crippen MR) is 85.1 cm³/mol. The third kappa shape index (κ3) is 3.72. The fraction of sp³-hybridized carbons (Fsp3) is 0.0769. The molecule has 2 rings (SSSR count). The van der Waals surface area contributed by atoms with Crippen LogP contribution in [0.5, 0.6) is 0 Å². The standard InChI is InChI=1S/C13H10BrCl2NOS/c14-11-6-10(17)3-1-8(11)7-19(18)13-5-9(15)2-4-12(13)16/h1-6H,7,17H2. The quantitative estimate of drug-likeness (QED) is 0.790. The molecule has 0 aliphatic heterocycles. The van der Waals surface area contributed by atoms with E-state index in [0.717, 1.165) is 10.0 Å². The van der Waals surface area contributed by atoms with Crippen LogP contribution in [0.1, 0.15) is 5.56 Å². The normalized spacial score (nSPS) is 12.4. The molecule has 0 bridgehead atoms. The van der Waals surface area contributed by atoms with Crippen molar-refractivity contribution < 1.29 is 4.21 Å². The Bertz CT molecular complexity index is 649. The maximum Gasteiger partial charge on any atom is 0.0592 e. The molecule has 0 radical (unpaired) electrons. The van der Waals surface area contributed by atoms with Gasteiger partial charge in [0.1, 0.15) is 0 Å². The summed E-state index contributed by atoms with van der Waals surface area (Å²) in [5.74, 6) is 0.348. The zero-order chi connectivity index (χ0) is 14.0. The highest BCUT2D eigenvalue weighted by Crippen LogP contribution is 2.27. The van der Waals surface area contributed by atoms with Crippen LogP contribution in [0.2, 0.25) is 10.0 Å². The van der Waals surface area contributed by atoms with Gasteiger partial charge in [0.15, 0.2) is 0 Å². The van der Waals surface area contributed by atoms with E-state index in [4.69, 9.17) is 28.9 Å². The average molecular weight is 379 g/mol. The molecule has 19 heavy (non-hydrogen) atoms. The zero-order valence-corrected chi connectivity index (χ0v) is 13.6. The first-order chi connectivity index (χ1) is 8.97. The molecule has 2 aromatic carbocycles. The van der Waals surface area contributed by atoms with Crippen molar-refractivity contribution in [2.24, 2.45) is 0 Å². The van der Waals surface area contributed by atoms with Gasteiger partial charge in [0.25, 0.3) is 0 Å². The highest BCUT2D eigenvalue weighted by Gasteiger charge is 2.12. The highest BCUT2D eigenvalue weighted by atomic mass is 79.9. The van der Waals surface area contributed by atoms with Crippen LogP contribution >= 0.6 is 39.1 Å². The summed E-state index contributed by atoms with van der Waals surface area (Å²) in [6, 6.07) is 10.4. The zero-order valence-electron chi connectivity index (χ0n) is 9.70. The number of hydrogen-bond acceptors (Lipinski definition) is 2. The third-order valence-electron chi connectivity index (χ3n) is 2.50. The van der Waals surface area contributed by atoms with Crippen molar-refractivity contribution in [1.82, 2.24) is 0 Å². The summed E-state index contributed by atoms with van der Waals surface area (Å²) in [6.07, 6.45) is 0. The van der Waals surface area contributed by atoms with Crippen LogP contribution in [0.15, 0.2) is 45.8 Å². The van der Waals surface area contributed by atoms with Crippen LogP contribution in [-0.4, -0.2) is 4.21 Å². The third-order valence-corrected chi connectivity index (χ3v) is 5.32. The number of benzene rings is 2. The highest BCUT2D eigenvalue weighted by molar-refractivity contribution is 9.10. The Labute approximate surface area is 132 Å². The molecule has 2 N–H and O–H groups in total. The number of rotatable bonds is 3. The number of nitrogen functional groups attached to an aromatic ring is 1. The van der Waals surface area contributed by atoms with Gasteiger partial charge >= 0.3 is 0 Å². The molecule has 0 heterocycles. The molecule has 0 spiro atoms. The fourth-order valence-corrected chi connectivity index (χ4v) is 4.12. The number of anilines is 1. The van der Waals surface area contributed by atoms with Crippen LogP contribution in [0.25, 0.3) is 0 Å². The van der Waals surface area contributed by atoms with Crippen molar-refractivity contribution in [2.45, 2.75) is 10.6 Å². The van der Waals surface area contributed by atoms with Gasteiger partial charge in [-0.15, -0.1) is 0 Å². The summed E-state index contributed by atoms with van der Waals surface area (Å²) in [7, 11) is -1.26. The second kappa shape index (κ2) is 6.27. The van der Waals surface area contributed by atoms with Crippen molar-refractivity contribution in [3.63, 3.8) is 0 Å². The molecule has 6 heteroatoms. The molecule has 0 amide bonds. The molecule has 2 aromatic rings. The van der Waals surface area contributed by atoms with Crippen LogP contribution < -0.4 is 5.73 Å². The van der Waals surface area contributed by atoms with Crippen LogP contribution in [-0.2, 0) is 16.6 Å². The smallest absolute Gasteiger partial charge is 0.0592 e. The maximum atomic E-state index is 12.3. The van der Waals surface area contributed by atoms with Gasteiger partial charge in [-0.1, -0.05) is 45.2 Å². The lowest BCUT2D eigenvalue weighted by Crippen LogP contribution is -1.99. The Kier molecular flexibility index (Phi) is 4.90. The summed E-state index contributed by atoms with van der Waals surface area (Å²) in [6.45, 7) is 0. The van der Waals surface area contributed by atoms with Crippen molar-refractivity contribution in [2.75, 3.05) is 5.73 Å². The minimum absolute atomic E-state index is 0.348. The summed E-state index contributed by atoms with van der Waals surface area (Å²) in [5.41, 5.74) is 7.23. The van der Waals surface area contributed by atoms with Gasteiger partial charge in [-0.3, -0.25) is 4.21 Å². The average Bonchev–Trinajstić information content (AvgIpc) is 2.35. The molecule has 2 nitrogen and oxygen atoms in total. The van der Waals surface area contributed by atoms with Gasteiger partial charge in [-0.25, -0.2) is 0 Å². The molecule has 0 fully saturated rings. The van der Waals surface area contributed by atoms with Gasteiger partial charge in [0.05, 0.1) is 26.5 Å². The molecular formula is C13H10BrCl2NOS. The molecule has 0 saturated heterocycles. The number of nitrogens with two attached hydrogens (primary N) is 1. The molecule has 0 saturated carbocycles. The van der Waals surface area contributed by atoms with E-state index in [-0.39, 0.29) is 0 Å². The summed E-state index contributed by atoms with van der Waals surface area (Å²) in [4.78, 5) is 0.540. The molecule has 0 aliphatic rings. The summed E-state index contributed by atoms with van der Waals surface area (Å²) >= 11 is 15.3. The number of hydrogen-bond donors (Lipinski definition) is 1. The van der Waals surface area contributed by atoms with Crippen molar-refractivity contribution in [3.8, 4) is 0 Å². The SMILES string of the molecule is Nc1ccc(CS(=O)c2cc(Cl)ccc2Cl)c(Br)c1. The van der Waals surface area contributed by atoms with Crippen molar-refractivity contribution in [3.05, 3.63) is 56.5 Å². The lowest BCUT2D eigenvalue weighted by atomic mass is 10.2. The molecule has 0 aromatic heterocycles. The second-order valence-corrected chi connectivity index (χ2v) is 7.03. The van der Waals surface area contributed by atoms with Crippen molar-refractivity contribution in [1.29, 1.82) is 0 Å². The fourth-order valence-electron chi connectivity index (χ4n) is 1.55. The van der Waals surface area contributed by atoms with E-state index < -0.39 is 10.8 Å². The number of halogens is 3. The van der Waals surface area contributed by atoms with E-state index in [2.05, 4.69) is 15.9 Å². The topological polar surface area (TPSA) is 43.1 Å². The van der Waals surface area contributed by atoms with E-state index in [9.17, 15) is 4.21 Å². The van der Waals surface area contributed by atoms with Crippen molar-refractivity contribution >= 4 is 55.6 Å². The first-order valence-electron chi connectivity index (χ1n) is 5.34.